The number of aryl methyl sites for hydroxylation is 2. The van der Waals surface area contributed by atoms with Crippen LogP contribution in [0.15, 0.2) is 76.8 Å². The molecule has 0 unspecified atom stereocenters. The maximum absolute atomic E-state index is 12.8. The largest absolute Gasteiger partial charge is 0.497 e. The van der Waals surface area contributed by atoms with Gasteiger partial charge in [-0.05, 0) is 72.5 Å². The molecule has 0 saturated carbocycles. The maximum Gasteiger partial charge on any atom is 0.262 e. The summed E-state index contributed by atoms with van der Waals surface area (Å²) in [6.07, 6.45) is 0.651. The molecule has 3 aromatic carbocycles. The van der Waals surface area contributed by atoms with E-state index >= 15 is 0 Å². The number of carbonyl (C=O) groups excluding carboxylic acids is 2. The Morgan fingerprint density at radius 2 is 1.82 bits per heavy atom. The lowest BCUT2D eigenvalue weighted by Gasteiger charge is -2.23. The van der Waals surface area contributed by atoms with Crippen molar-refractivity contribution in [1.82, 2.24) is 5.01 Å². The summed E-state index contributed by atoms with van der Waals surface area (Å²) in [6.45, 7) is 4.02. The van der Waals surface area contributed by atoms with E-state index in [0.717, 1.165) is 33.7 Å². The zero-order valence-corrected chi connectivity index (χ0v) is 22.8. The number of thioether (sulfide) groups is 1. The Kier molecular flexibility index (Phi) is 7.53. The molecule has 7 nitrogen and oxygen atoms in total. The van der Waals surface area contributed by atoms with Crippen molar-refractivity contribution in [2.45, 2.75) is 38.0 Å². The maximum atomic E-state index is 12.8. The van der Waals surface area contributed by atoms with Crippen molar-refractivity contribution in [1.29, 1.82) is 0 Å². The van der Waals surface area contributed by atoms with Crippen molar-refractivity contribution in [2.24, 2.45) is 10.1 Å². The van der Waals surface area contributed by atoms with Gasteiger partial charge in [-0.25, -0.2) is 5.01 Å². The van der Waals surface area contributed by atoms with Crippen LogP contribution in [0.3, 0.4) is 0 Å². The lowest BCUT2D eigenvalue weighted by molar-refractivity contribution is -0.121. The topological polar surface area (TPSA) is 83.4 Å². The van der Waals surface area contributed by atoms with Crippen LogP contribution in [-0.2, 0) is 9.59 Å². The second-order valence-electron chi connectivity index (χ2n) is 9.28. The predicted octanol–water partition coefficient (Wildman–Crippen LogP) is 6.14. The number of hydrogen-bond donors (Lipinski definition) is 1. The third-order valence-electron chi connectivity index (χ3n) is 6.67. The Bertz CT molecular complexity index is 1440. The second kappa shape index (κ2) is 11.0. The van der Waals surface area contributed by atoms with Crippen molar-refractivity contribution < 1.29 is 14.3 Å². The van der Waals surface area contributed by atoms with Crippen molar-refractivity contribution in [3.05, 3.63) is 94.0 Å². The fraction of sp³-hybridized carbons (Fsp3) is 0.241. The number of amides is 2. The first-order valence-electron chi connectivity index (χ1n) is 12.2. The highest BCUT2D eigenvalue weighted by Crippen LogP contribution is 2.39. The van der Waals surface area contributed by atoms with Gasteiger partial charge < -0.3 is 10.1 Å². The Hall–Kier alpha value is -3.62. The average Bonchev–Trinajstić information content (AvgIpc) is 3.50. The fourth-order valence-electron chi connectivity index (χ4n) is 4.39. The summed E-state index contributed by atoms with van der Waals surface area (Å²) >= 11 is 7.37. The van der Waals surface area contributed by atoms with Gasteiger partial charge in [0.15, 0.2) is 5.17 Å². The molecule has 2 atom stereocenters. The van der Waals surface area contributed by atoms with E-state index in [0.29, 0.717) is 22.3 Å². The highest BCUT2D eigenvalue weighted by molar-refractivity contribution is 8.15. The lowest BCUT2D eigenvalue weighted by Crippen LogP contribution is -2.25. The molecule has 0 aromatic heterocycles. The predicted molar refractivity (Wildman–Crippen MR) is 153 cm³/mol. The quantitative estimate of drug-likeness (QED) is 0.401. The molecule has 2 aliphatic heterocycles. The van der Waals surface area contributed by atoms with Crippen LogP contribution in [0.25, 0.3) is 0 Å². The minimum Gasteiger partial charge on any atom is -0.497 e. The molecule has 2 aliphatic rings. The van der Waals surface area contributed by atoms with Crippen LogP contribution in [0.4, 0.5) is 5.69 Å². The zero-order valence-electron chi connectivity index (χ0n) is 21.3. The first-order chi connectivity index (χ1) is 18.3. The van der Waals surface area contributed by atoms with Crippen LogP contribution in [0.2, 0.25) is 5.02 Å². The Morgan fingerprint density at radius 3 is 2.50 bits per heavy atom. The molecule has 0 fully saturated rings. The van der Waals surface area contributed by atoms with Crippen LogP contribution in [0, 0.1) is 13.8 Å². The number of anilines is 1. The number of hydrazone groups is 1. The monoisotopic (exact) mass is 546 g/mol. The molecule has 38 heavy (non-hydrogen) atoms. The van der Waals surface area contributed by atoms with Crippen molar-refractivity contribution in [3.8, 4) is 5.75 Å². The van der Waals surface area contributed by atoms with Gasteiger partial charge in [-0.3, -0.25) is 9.59 Å². The molecule has 2 heterocycles. The summed E-state index contributed by atoms with van der Waals surface area (Å²) in [6, 6.07) is 20.9. The summed E-state index contributed by atoms with van der Waals surface area (Å²) in [5, 5.41) is 10.1. The van der Waals surface area contributed by atoms with Gasteiger partial charge in [-0.15, -0.1) is 0 Å². The molecule has 0 spiro atoms. The van der Waals surface area contributed by atoms with E-state index in [4.69, 9.17) is 21.4 Å². The minimum atomic E-state index is -0.608. The lowest BCUT2D eigenvalue weighted by atomic mass is 9.98. The van der Waals surface area contributed by atoms with E-state index < -0.39 is 5.25 Å². The number of rotatable bonds is 6. The number of amidine groups is 1. The van der Waals surface area contributed by atoms with Gasteiger partial charge in [0, 0.05) is 23.6 Å². The molecule has 194 valence electrons. The fourth-order valence-corrected chi connectivity index (χ4v) is 5.58. The number of nitrogens with zero attached hydrogens (tertiary/aromatic N) is 3. The van der Waals surface area contributed by atoms with Crippen LogP contribution < -0.4 is 10.1 Å². The van der Waals surface area contributed by atoms with Gasteiger partial charge in [-0.1, -0.05) is 53.7 Å². The van der Waals surface area contributed by atoms with Gasteiger partial charge in [0.2, 0.25) is 5.91 Å². The van der Waals surface area contributed by atoms with Crippen LogP contribution in [-0.4, -0.2) is 40.1 Å². The van der Waals surface area contributed by atoms with Gasteiger partial charge >= 0.3 is 0 Å². The summed E-state index contributed by atoms with van der Waals surface area (Å²) in [7, 11) is 1.63. The first kappa shape index (κ1) is 26.0. The molecule has 1 N–H and O–H groups in total. The number of ether oxygens (including phenoxy) is 1. The van der Waals surface area contributed by atoms with E-state index in [1.54, 1.807) is 12.1 Å². The molecule has 0 radical (unpaired) electrons. The smallest absolute Gasteiger partial charge is 0.262 e. The molecular weight excluding hydrogens is 520 g/mol. The molecule has 0 saturated heterocycles. The SMILES string of the molecule is COc1ccc([C@H]2CC(c3ccc(Cl)cc3)=NN2C2=NC(=O)[C@@H](CC(=O)Nc3ccc(C)c(C)c3)S2)cc1. The third-order valence-corrected chi connectivity index (χ3v) is 8.07. The highest BCUT2D eigenvalue weighted by Gasteiger charge is 2.39. The summed E-state index contributed by atoms with van der Waals surface area (Å²) in [4.78, 5) is 29.9. The molecule has 9 heteroatoms. The van der Waals surface area contributed by atoms with Crippen molar-refractivity contribution in [3.63, 3.8) is 0 Å². The van der Waals surface area contributed by atoms with Crippen molar-refractivity contribution >= 4 is 51.7 Å². The third kappa shape index (κ3) is 5.61. The van der Waals surface area contributed by atoms with Gasteiger partial charge in [0.05, 0.1) is 18.9 Å². The highest BCUT2D eigenvalue weighted by atomic mass is 35.5. The van der Waals surface area contributed by atoms with Crippen LogP contribution >= 0.6 is 23.4 Å². The number of nitrogens with one attached hydrogen (secondary N) is 1. The zero-order chi connectivity index (χ0) is 26.8. The minimum absolute atomic E-state index is 0.0260. The van der Waals surface area contributed by atoms with E-state index in [1.165, 1.54) is 11.8 Å². The first-order valence-corrected chi connectivity index (χ1v) is 13.5. The molecule has 0 aliphatic carbocycles. The molecular formula is C29H27ClN4O3S. The van der Waals surface area contributed by atoms with E-state index in [1.807, 2.05) is 80.6 Å². The van der Waals surface area contributed by atoms with E-state index in [-0.39, 0.29) is 24.3 Å². The number of methoxy groups -OCH3 is 1. The number of hydrogen-bond acceptors (Lipinski definition) is 6. The van der Waals surface area contributed by atoms with Gasteiger partial charge in [0.25, 0.3) is 5.91 Å². The summed E-state index contributed by atoms with van der Waals surface area (Å²) in [5.74, 6) is 0.202. The number of carbonyl (C=O) groups is 2. The standard InChI is InChI=1S/C29H27ClN4O3S/c1-17-4-11-22(14-18(17)2)31-27(35)16-26-28(36)32-29(38-26)34-25(20-7-12-23(37-3)13-8-20)15-24(33-34)19-5-9-21(30)10-6-19/h4-14,25-26H,15-16H2,1-3H3,(H,31,35)/t25-,26-/m1/s1. The number of aliphatic imine (C=N–C) groups is 1. The van der Waals surface area contributed by atoms with Crippen molar-refractivity contribution in [2.75, 3.05) is 12.4 Å². The molecule has 0 bridgehead atoms. The van der Waals surface area contributed by atoms with Crippen LogP contribution in [0.1, 0.15) is 41.1 Å². The molecule has 3 aromatic rings. The molecule has 2 amide bonds. The normalized spacial score (nSPS) is 18.8. The van der Waals surface area contributed by atoms with Gasteiger partial charge in [0.1, 0.15) is 11.0 Å². The summed E-state index contributed by atoms with van der Waals surface area (Å²) < 4.78 is 5.31. The number of halogens is 1. The Morgan fingerprint density at radius 1 is 1.08 bits per heavy atom. The molecule has 5 rings (SSSR count). The Balaban J connectivity index is 1.34. The van der Waals surface area contributed by atoms with E-state index in [2.05, 4.69) is 10.3 Å². The Labute approximate surface area is 230 Å². The van der Waals surface area contributed by atoms with Gasteiger partial charge in [-0.2, -0.15) is 10.1 Å². The van der Waals surface area contributed by atoms with E-state index in [9.17, 15) is 9.59 Å². The van der Waals surface area contributed by atoms with Crippen LogP contribution in [0.5, 0.6) is 5.75 Å². The number of benzene rings is 3. The summed E-state index contributed by atoms with van der Waals surface area (Å²) in [5.41, 5.74) is 5.80. The second-order valence-corrected chi connectivity index (χ2v) is 10.9. The average molecular weight is 547 g/mol.